The van der Waals surface area contributed by atoms with Crippen molar-refractivity contribution in [3.05, 3.63) is 53.9 Å². The van der Waals surface area contributed by atoms with E-state index in [-0.39, 0.29) is 35.9 Å². The van der Waals surface area contributed by atoms with Crippen LogP contribution in [0.5, 0.6) is 0 Å². The van der Waals surface area contributed by atoms with Gasteiger partial charge in [-0.2, -0.15) is 5.10 Å². The molecule has 0 aliphatic carbocycles. The third kappa shape index (κ3) is 6.72. The van der Waals surface area contributed by atoms with Gasteiger partial charge < -0.3 is 15.0 Å². The molecular weight excluding hydrogens is 493 g/mol. The lowest BCUT2D eigenvalue weighted by Crippen LogP contribution is -2.48. The highest BCUT2D eigenvalue weighted by molar-refractivity contribution is 14.0. The quantitative estimate of drug-likeness (QED) is 0.260. The zero-order chi connectivity index (χ0) is 20.5. The maximum atomic E-state index is 12.2. The molecule has 30 heavy (non-hydrogen) atoms. The van der Waals surface area contributed by atoms with E-state index in [0.29, 0.717) is 19.7 Å². The number of halogens is 1. The van der Waals surface area contributed by atoms with Crippen LogP contribution in [0.2, 0.25) is 0 Å². The molecule has 1 aromatic heterocycles. The van der Waals surface area contributed by atoms with Crippen LogP contribution >= 0.6 is 24.0 Å². The molecule has 1 saturated heterocycles. The number of aromatic nitrogens is 2. The van der Waals surface area contributed by atoms with Crippen LogP contribution in [-0.4, -0.2) is 52.9 Å². The predicted octanol–water partition coefficient (Wildman–Crippen LogP) is 3.29. The molecule has 0 amide bonds. The monoisotopic (exact) mass is 525 g/mol. The lowest BCUT2D eigenvalue weighted by Gasteiger charge is -2.34. The Morgan fingerprint density at radius 3 is 2.77 bits per heavy atom. The molecule has 7 nitrogen and oxygen atoms in total. The number of ether oxygens (including phenoxy) is 1. The van der Waals surface area contributed by atoms with Gasteiger partial charge in [0.1, 0.15) is 0 Å². The van der Waals surface area contributed by atoms with Gasteiger partial charge in [-0.25, -0.2) is 4.99 Å². The van der Waals surface area contributed by atoms with E-state index in [1.165, 1.54) is 11.1 Å². The SMILES string of the molecule is CCNC(=NCc1ccccc1Cn1cccn1)N1CCCC(C(=O)OCC)C1.I. The van der Waals surface area contributed by atoms with E-state index in [9.17, 15) is 4.79 Å². The molecule has 1 aromatic carbocycles. The van der Waals surface area contributed by atoms with Gasteiger partial charge in [-0.05, 0) is 43.9 Å². The minimum absolute atomic E-state index is 0. The Morgan fingerprint density at radius 1 is 1.27 bits per heavy atom. The van der Waals surface area contributed by atoms with Crippen LogP contribution < -0.4 is 5.32 Å². The van der Waals surface area contributed by atoms with Crippen LogP contribution in [0, 0.1) is 5.92 Å². The molecule has 1 atom stereocenters. The number of aliphatic imine (C=N–C) groups is 1. The number of likely N-dealkylation sites (tertiary alicyclic amines) is 1. The van der Waals surface area contributed by atoms with Crippen LogP contribution in [0.15, 0.2) is 47.7 Å². The summed E-state index contributed by atoms with van der Waals surface area (Å²) in [6.45, 7) is 7.99. The van der Waals surface area contributed by atoms with Gasteiger partial charge in [0, 0.05) is 32.0 Å². The normalized spacial score (nSPS) is 16.7. The highest BCUT2D eigenvalue weighted by atomic mass is 127. The number of nitrogens with one attached hydrogen (secondary N) is 1. The number of rotatable bonds is 7. The molecule has 3 rings (SSSR count). The van der Waals surface area contributed by atoms with Crippen molar-refractivity contribution in [2.75, 3.05) is 26.2 Å². The number of guanidine groups is 1. The second kappa shape index (κ2) is 12.6. The van der Waals surface area contributed by atoms with Crippen molar-refractivity contribution in [2.45, 2.75) is 39.8 Å². The number of piperidine rings is 1. The largest absolute Gasteiger partial charge is 0.466 e. The average molecular weight is 525 g/mol. The lowest BCUT2D eigenvalue weighted by atomic mass is 9.98. The zero-order valence-corrected chi connectivity index (χ0v) is 20.1. The first-order chi connectivity index (χ1) is 14.2. The summed E-state index contributed by atoms with van der Waals surface area (Å²) in [6, 6.07) is 10.3. The van der Waals surface area contributed by atoms with Crippen molar-refractivity contribution < 1.29 is 9.53 Å². The van der Waals surface area contributed by atoms with Gasteiger partial charge in [-0.1, -0.05) is 24.3 Å². The van der Waals surface area contributed by atoms with Gasteiger partial charge >= 0.3 is 5.97 Å². The molecule has 1 fully saturated rings. The lowest BCUT2D eigenvalue weighted by molar-refractivity contribution is -0.149. The Labute approximate surface area is 195 Å². The Bertz CT molecular complexity index is 810. The van der Waals surface area contributed by atoms with E-state index in [1.807, 2.05) is 36.0 Å². The Balaban J connectivity index is 0.00000320. The number of nitrogens with zero attached hydrogens (tertiary/aromatic N) is 4. The molecule has 1 unspecified atom stereocenters. The summed E-state index contributed by atoms with van der Waals surface area (Å²) >= 11 is 0. The highest BCUT2D eigenvalue weighted by Crippen LogP contribution is 2.19. The predicted molar refractivity (Wildman–Crippen MR) is 129 cm³/mol. The molecule has 1 N–H and O–H groups in total. The summed E-state index contributed by atoms with van der Waals surface area (Å²) in [5.74, 6) is 0.674. The number of hydrogen-bond donors (Lipinski definition) is 1. The van der Waals surface area contributed by atoms with E-state index < -0.39 is 0 Å². The summed E-state index contributed by atoms with van der Waals surface area (Å²) in [5.41, 5.74) is 2.39. The Morgan fingerprint density at radius 2 is 2.07 bits per heavy atom. The van der Waals surface area contributed by atoms with Gasteiger partial charge in [0.15, 0.2) is 5.96 Å². The summed E-state index contributed by atoms with van der Waals surface area (Å²) in [7, 11) is 0. The smallest absolute Gasteiger partial charge is 0.310 e. The molecule has 0 saturated carbocycles. The molecule has 0 spiro atoms. The van der Waals surface area contributed by atoms with Crippen LogP contribution in [-0.2, 0) is 22.6 Å². The first-order valence-corrected chi connectivity index (χ1v) is 10.4. The molecule has 1 aliphatic rings. The summed E-state index contributed by atoms with van der Waals surface area (Å²) in [6.07, 6.45) is 5.60. The average Bonchev–Trinajstić information content (AvgIpc) is 3.25. The van der Waals surface area contributed by atoms with Crippen molar-refractivity contribution in [1.29, 1.82) is 0 Å². The topological polar surface area (TPSA) is 71.8 Å². The van der Waals surface area contributed by atoms with Crippen molar-refractivity contribution in [3.63, 3.8) is 0 Å². The fraction of sp³-hybridized carbons (Fsp3) is 0.500. The molecule has 0 radical (unpaired) electrons. The number of benzene rings is 1. The first-order valence-electron chi connectivity index (χ1n) is 10.4. The molecule has 0 bridgehead atoms. The van der Waals surface area contributed by atoms with E-state index in [4.69, 9.17) is 9.73 Å². The standard InChI is InChI=1S/C22H31N5O2.HI/c1-3-23-22(26-13-7-11-20(16-26)21(28)29-4-2)24-15-18-9-5-6-10-19(18)17-27-14-8-12-25-27;/h5-6,8-10,12,14,20H,3-4,7,11,13,15-17H2,1-2H3,(H,23,24);1H. The molecule has 8 heteroatoms. The van der Waals surface area contributed by atoms with Crippen LogP contribution in [0.4, 0.5) is 0 Å². The van der Waals surface area contributed by atoms with E-state index in [1.54, 1.807) is 6.20 Å². The van der Waals surface area contributed by atoms with E-state index in [0.717, 1.165) is 38.4 Å². The Hall–Kier alpha value is -2.10. The molecule has 1 aliphatic heterocycles. The minimum atomic E-state index is -0.0994. The number of carbonyl (C=O) groups is 1. The molecular formula is C22H32IN5O2. The number of carbonyl (C=O) groups excluding carboxylic acids is 1. The summed E-state index contributed by atoms with van der Waals surface area (Å²) in [5, 5.41) is 7.69. The van der Waals surface area contributed by atoms with Crippen LogP contribution in [0.25, 0.3) is 0 Å². The maximum absolute atomic E-state index is 12.2. The van der Waals surface area contributed by atoms with Crippen molar-refractivity contribution in [3.8, 4) is 0 Å². The highest BCUT2D eigenvalue weighted by Gasteiger charge is 2.28. The zero-order valence-electron chi connectivity index (χ0n) is 17.8. The van der Waals surface area contributed by atoms with Gasteiger partial charge in [-0.15, -0.1) is 24.0 Å². The minimum Gasteiger partial charge on any atom is -0.466 e. The van der Waals surface area contributed by atoms with Crippen molar-refractivity contribution >= 4 is 35.9 Å². The van der Waals surface area contributed by atoms with Crippen LogP contribution in [0.3, 0.4) is 0 Å². The fourth-order valence-electron chi connectivity index (χ4n) is 3.64. The van der Waals surface area contributed by atoms with Gasteiger partial charge in [-0.3, -0.25) is 9.48 Å². The van der Waals surface area contributed by atoms with E-state index >= 15 is 0 Å². The van der Waals surface area contributed by atoms with Crippen LogP contribution in [0.1, 0.15) is 37.8 Å². The van der Waals surface area contributed by atoms with Crippen molar-refractivity contribution in [1.82, 2.24) is 20.0 Å². The number of esters is 1. The fourth-order valence-corrected chi connectivity index (χ4v) is 3.64. The molecule has 164 valence electrons. The second-order valence-corrected chi connectivity index (χ2v) is 7.18. The molecule has 2 aromatic rings. The first kappa shape index (κ1) is 24.2. The van der Waals surface area contributed by atoms with Crippen molar-refractivity contribution in [2.24, 2.45) is 10.9 Å². The Kier molecular flexibility index (Phi) is 10.1. The second-order valence-electron chi connectivity index (χ2n) is 7.18. The third-order valence-corrected chi connectivity index (χ3v) is 5.08. The summed E-state index contributed by atoms with van der Waals surface area (Å²) < 4.78 is 7.15. The van der Waals surface area contributed by atoms with E-state index in [2.05, 4.69) is 34.4 Å². The van der Waals surface area contributed by atoms with Gasteiger partial charge in [0.2, 0.25) is 0 Å². The van der Waals surface area contributed by atoms with Gasteiger partial charge in [0.25, 0.3) is 0 Å². The third-order valence-electron chi connectivity index (χ3n) is 5.08. The number of hydrogen-bond acceptors (Lipinski definition) is 4. The molecule has 2 heterocycles. The summed E-state index contributed by atoms with van der Waals surface area (Å²) in [4.78, 5) is 19.3. The van der Waals surface area contributed by atoms with Gasteiger partial charge in [0.05, 0.1) is 25.6 Å². The maximum Gasteiger partial charge on any atom is 0.310 e.